The summed E-state index contributed by atoms with van der Waals surface area (Å²) >= 11 is 0. The van der Waals surface area contributed by atoms with Crippen LogP contribution in [0.3, 0.4) is 0 Å². The molecule has 1 heterocycles. The van der Waals surface area contributed by atoms with Crippen LogP contribution in [-0.4, -0.2) is 61.4 Å². The van der Waals surface area contributed by atoms with Gasteiger partial charge in [0.05, 0.1) is 12.7 Å². The van der Waals surface area contributed by atoms with Crippen LogP contribution in [-0.2, 0) is 16.1 Å². The van der Waals surface area contributed by atoms with Crippen LogP contribution < -0.4 is 10.6 Å². The second-order valence-electron chi connectivity index (χ2n) is 6.44. The van der Waals surface area contributed by atoms with E-state index in [1.165, 1.54) is 12.5 Å². The molecule has 2 rings (SSSR count). The van der Waals surface area contributed by atoms with Crippen molar-refractivity contribution >= 4 is 11.6 Å². The number of methoxy groups -OCH3 is 1. The highest BCUT2D eigenvalue weighted by molar-refractivity contribution is 5.88. The van der Waals surface area contributed by atoms with Crippen LogP contribution in [0, 0.1) is 0 Å². The first-order valence-electron chi connectivity index (χ1n) is 8.56. The van der Waals surface area contributed by atoms with Crippen molar-refractivity contribution in [2.24, 2.45) is 0 Å². The van der Waals surface area contributed by atoms with Crippen molar-refractivity contribution in [1.82, 2.24) is 10.2 Å². The fraction of sp³-hybridized carbons (Fsp3) is 0.611. The summed E-state index contributed by atoms with van der Waals surface area (Å²) in [5, 5.41) is 16.2. The number of hydrogen-bond donors (Lipinski definition) is 3. The van der Waals surface area contributed by atoms with E-state index in [1.54, 1.807) is 7.11 Å². The van der Waals surface area contributed by atoms with Crippen molar-refractivity contribution in [2.45, 2.75) is 38.5 Å². The smallest absolute Gasteiger partial charge is 0.221 e. The van der Waals surface area contributed by atoms with Crippen LogP contribution in [0.5, 0.6) is 0 Å². The molecule has 1 atom stereocenters. The molecule has 134 valence electrons. The highest BCUT2D eigenvalue weighted by atomic mass is 16.5. The monoisotopic (exact) mass is 335 g/mol. The van der Waals surface area contributed by atoms with E-state index in [0.29, 0.717) is 19.2 Å². The Morgan fingerprint density at radius 3 is 2.58 bits per heavy atom. The molecule has 1 fully saturated rings. The third-order valence-corrected chi connectivity index (χ3v) is 4.28. The summed E-state index contributed by atoms with van der Waals surface area (Å²) < 4.78 is 4.97. The number of piperidine rings is 1. The van der Waals surface area contributed by atoms with Crippen LogP contribution >= 0.6 is 0 Å². The molecule has 1 saturated heterocycles. The topological polar surface area (TPSA) is 73.8 Å². The molecule has 0 saturated carbocycles. The molecule has 24 heavy (non-hydrogen) atoms. The van der Waals surface area contributed by atoms with Crippen molar-refractivity contribution in [1.29, 1.82) is 0 Å². The van der Waals surface area contributed by atoms with Gasteiger partial charge in [-0.3, -0.25) is 4.79 Å². The van der Waals surface area contributed by atoms with Gasteiger partial charge in [0, 0.05) is 38.9 Å². The molecule has 0 spiro atoms. The first-order chi connectivity index (χ1) is 11.6. The third-order valence-electron chi connectivity index (χ3n) is 4.28. The van der Waals surface area contributed by atoms with Gasteiger partial charge in [-0.05, 0) is 43.6 Å². The van der Waals surface area contributed by atoms with E-state index in [-0.39, 0.29) is 5.91 Å². The Morgan fingerprint density at radius 2 is 2.00 bits per heavy atom. The number of likely N-dealkylation sites (tertiary alicyclic amines) is 1. The lowest BCUT2D eigenvalue weighted by Crippen LogP contribution is -2.45. The van der Waals surface area contributed by atoms with Gasteiger partial charge in [-0.25, -0.2) is 0 Å². The number of aliphatic hydroxyl groups is 1. The van der Waals surface area contributed by atoms with Crippen LogP contribution in [0.4, 0.5) is 5.69 Å². The Bertz CT molecular complexity index is 499. The van der Waals surface area contributed by atoms with E-state index in [0.717, 1.165) is 38.2 Å². The van der Waals surface area contributed by atoms with Gasteiger partial charge in [0.15, 0.2) is 0 Å². The maximum absolute atomic E-state index is 11.0. The molecule has 6 heteroatoms. The molecule has 1 aromatic carbocycles. The van der Waals surface area contributed by atoms with Gasteiger partial charge >= 0.3 is 0 Å². The lowest BCUT2D eigenvalue weighted by Gasteiger charge is -2.33. The number of hydrogen-bond acceptors (Lipinski definition) is 5. The molecular formula is C18H29N3O3. The maximum atomic E-state index is 11.0. The van der Waals surface area contributed by atoms with E-state index in [1.807, 2.05) is 24.3 Å². The fourth-order valence-corrected chi connectivity index (χ4v) is 3.03. The molecule has 1 unspecified atom stereocenters. The quantitative estimate of drug-likeness (QED) is 0.666. The maximum Gasteiger partial charge on any atom is 0.221 e. The Morgan fingerprint density at radius 1 is 1.33 bits per heavy atom. The predicted octanol–water partition coefficient (Wildman–Crippen LogP) is 1.21. The van der Waals surface area contributed by atoms with Crippen molar-refractivity contribution in [3.05, 3.63) is 29.8 Å². The second kappa shape index (κ2) is 9.74. The number of carbonyl (C=O) groups excluding carboxylic acids is 1. The predicted molar refractivity (Wildman–Crippen MR) is 94.9 cm³/mol. The normalized spacial score (nSPS) is 17.6. The molecule has 1 amide bonds. The zero-order valence-corrected chi connectivity index (χ0v) is 14.6. The molecule has 1 aliphatic heterocycles. The molecular weight excluding hydrogens is 306 g/mol. The first kappa shape index (κ1) is 18.9. The highest BCUT2D eigenvalue weighted by Crippen LogP contribution is 2.13. The number of anilines is 1. The first-order valence-corrected chi connectivity index (χ1v) is 8.56. The minimum Gasteiger partial charge on any atom is -0.389 e. The zero-order valence-electron chi connectivity index (χ0n) is 14.6. The molecule has 0 radical (unpaired) electrons. The summed E-state index contributed by atoms with van der Waals surface area (Å²) in [6.07, 6.45) is 1.77. The van der Waals surface area contributed by atoms with Crippen LogP contribution in [0.2, 0.25) is 0 Å². The Labute approximate surface area is 144 Å². The average Bonchev–Trinajstić information content (AvgIpc) is 2.55. The Balaban J connectivity index is 1.68. The molecule has 0 aromatic heterocycles. The number of nitrogens with zero attached hydrogens (tertiary/aromatic N) is 1. The van der Waals surface area contributed by atoms with Crippen LogP contribution in [0.25, 0.3) is 0 Å². The number of nitrogens with one attached hydrogen (secondary N) is 2. The number of benzene rings is 1. The minimum absolute atomic E-state index is 0.0525. The third kappa shape index (κ3) is 6.57. The number of carbonyl (C=O) groups is 1. The number of aliphatic hydroxyl groups excluding tert-OH is 1. The van der Waals surface area contributed by atoms with Crippen LogP contribution in [0.1, 0.15) is 25.3 Å². The summed E-state index contributed by atoms with van der Waals surface area (Å²) in [7, 11) is 1.61. The van der Waals surface area contributed by atoms with Gasteiger partial charge in [0.1, 0.15) is 0 Å². The standard InChI is InChI=1S/C18H29N3O3/c1-14(22)20-17-5-3-15(4-6-17)11-19-16-7-9-21(10-8-16)12-18(23)13-24-2/h3-6,16,18-19,23H,7-13H2,1-2H3,(H,20,22). The second-order valence-corrected chi connectivity index (χ2v) is 6.44. The Kier molecular flexibility index (Phi) is 7.65. The van der Waals surface area contributed by atoms with Gasteiger partial charge in [0.2, 0.25) is 5.91 Å². The minimum atomic E-state index is -0.401. The van der Waals surface area contributed by atoms with Gasteiger partial charge in [0.25, 0.3) is 0 Å². The fourth-order valence-electron chi connectivity index (χ4n) is 3.03. The van der Waals surface area contributed by atoms with E-state index >= 15 is 0 Å². The molecule has 0 aliphatic carbocycles. The van der Waals surface area contributed by atoms with E-state index in [2.05, 4.69) is 15.5 Å². The zero-order chi connectivity index (χ0) is 17.4. The van der Waals surface area contributed by atoms with Gasteiger partial charge in [-0.2, -0.15) is 0 Å². The lowest BCUT2D eigenvalue weighted by atomic mass is 10.0. The largest absolute Gasteiger partial charge is 0.389 e. The molecule has 3 N–H and O–H groups in total. The van der Waals surface area contributed by atoms with Gasteiger partial charge in [-0.1, -0.05) is 12.1 Å². The Hall–Kier alpha value is -1.47. The van der Waals surface area contributed by atoms with E-state index < -0.39 is 6.10 Å². The van der Waals surface area contributed by atoms with Crippen molar-refractivity contribution in [3.63, 3.8) is 0 Å². The highest BCUT2D eigenvalue weighted by Gasteiger charge is 2.20. The summed E-state index contributed by atoms with van der Waals surface area (Å²) in [6.45, 7) is 5.42. The summed E-state index contributed by atoms with van der Waals surface area (Å²) in [6, 6.07) is 8.44. The molecule has 1 aliphatic rings. The lowest BCUT2D eigenvalue weighted by molar-refractivity contribution is -0.114. The SMILES string of the molecule is COCC(O)CN1CCC(NCc2ccc(NC(C)=O)cc2)CC1. The number of β-amino-alcohol motifs (C(OH)–C–C–N with tert-alkyl or cyclic N) is 1. The van der Waals surface area contributed by atoms with Crippen LogP contribution in [0.15, 0.2) is 24.3 Å². The van der Waals surface area contributed by atoms with Crippen molar-refractivity contribution in [2.75, 3.05) is 38.7 Å². The molecule has 1 aromatic rings. The van der Waals surface area contributed by atoms with Crippen molar-refractivity contribution < 1.29 is 14.6 Å². The van der Waals surface area contributed by atoms with E-state index in [4.69, 9.17) is 4.74 Å². The molecule has 0 bridgehead atoms. The van der Waals surface area contributed by atoms with Gasteiger partial charge < -0.3 is 25.4 Å². The number of amides is 1. The van der Waals surface area contributed by atoms with E-state index in [9.17, 15) is 9.90 Å². The average molecular weight is 335 g/mol. The summed E-state index contributed by atoms with van der Waals surface area (Å²) in [5.74, 6) is -0.0525. The molecule has 6 nitrogen and oxygen atoms in total. The number of ether oxygens (including phenoxy) is 1. The number of rotatable bonds is 8. The summed E-state index contributed by atoms with van der Waals surface area (Å²) in [4.78, 5) is 13.3. The van der Waals surface area contributed by atoms with Crippen molar-refractivity contribution in [3.8, 4) is 0 Å². The van der Waals surface area contributed by atoms with Gasteiger partial charge in [-0.15, -0.1) is 0 Å². The summed E-state index contributed by atoms with van der Waals surface area (Å²) in [5.41, 5.74) is 2.04.